The van der Waals surface area contributed by atoms with Gasteiger partial charge in [0.25, 0.3) is 0 Å². The molecule has 0 radical (unpaired) electrons. The maximum atomic E-state index is 13.0. The Morgan fingerprint density at radius 1 is 1.28 bits per heavy atom. The zero-order valence-electron chi connectivity index (χ0n) is 9.07. The van der Waals surface area contributed by atoms with E-state index in [1.165, 1.54) is 12.1 Å². The number of hydrogen-bond donors (Lipinski definition) is 0. The molecule has 0 saturated carbocycles. The molecule has 1 aromatic carbocycles. The number of hydrogen-bond acceptors (Lipinski definition) is 1. The van der Waals surface area contributed by atoms with Crippen LogP contribution in [-0.2, 0) is 0 Å². The predicted octanol–water partition coefficient (Wildman–Crippen LogP) is 4.56. The van der Waals surface area contributed by atoms with E-state index in [9.17, 15) is 4.39 Å². The van der Waals surface area contributed by atoms with E-state index in [0.717, 1.165) is 10.1 Å². The van der Waals surface area contributed by atoms with Crippen LogP contribution in [0.25, 0.3) is 16.9 Å². The van der Waals surface area contributed by atoms with Gasteiger partial charge in [0.2, 0.25) is 0 Å². The Bertz CT molecular complexity index is 739. The predicted molar refractivity (Wildman–Crippen MR) is 73.3 cm³/mol. The van der Waals surface area contributed by atoms with Gasteiger partial charge in [0.05, 0.1) is 15.2 Å². The van der Waals surface area contributed by atoms with Gasteiger partial charge in [-0.1, -0.05) is 11.6 Å². The van der Waals surface area contributed by atoms with Gasteiger partial charge in [0, 0.05) is 18.0 Å². The summed E-state index contributed by atoms with van der Waals surface area (Å²) >= 11 is 9.47. The summed E-state index contributed by atoms with van der Waals surface area (Å²) in [5, 5.41) is 0.356. The van der Waals surface area contributed by atoms with Gasteiger partial charge in [0.15, 0.2) is 5.65 Å². The Balaban J connectivity index is 2.23. The van der Waals surface area contributed by atoms with Crippen LogP contribution < -0.4 is 0 Å². The lowest BCUT2D eigenvalue weighted by Gasteiger charge is -1.99. The summed E-state index contributed by atoms with van der Waals surface area (Å²) in [6.07, 6.45) is 3.76. The van der Waals surface area contributed by atoms with Crippen LogP contribution in [0.2, 0.25) is 5.02 Å². The second-order valence-electron chi connectivity index (χ2n) is 3.84. The van der Waals surface area contributed by atoms with Crippen LogP contribution in [0.1, 0.15) is 0 Å². The maximum Gasteiger partial charge on any atom is 0.151 e. The molecule has 0 unspecified atom stereocenters. The third kappa shape index (κ3) is 1.91. The quantitative estimate of drug-likeness (QED) is 0.641. The van der Waals surface area contributed by atoms with Crippen molar-refractivity contribution in [2.45, 2.75) is 0 Å². The summed E-state index contributed by atoms with van der Waals surface area (Å²) in [7, 11) is 0. The highest BCUT2D eigenvalue weighted by atomic mass is 79.9. The first-order valence-electron chi connectivity index (χ1n) is 5.24. The first-order chi connectivity index (χ1) is 8.65. The minimum atomic E-state index is -0.353. The Labute approximate surface area is 116 Å². The van der Waals surface area contributed by atoms with Crippen LogP contribution in [0.15, 0.2) is 47.2 Å². The Morgan fingerprint density at radius 3 is 2.83 bits per heavy atom. The number of benzene rings is 1. The topological polar surface area (TPSA) is 17.3 Å². The van der Waals surface area contributed by atoms with Crippen molar-refractivity contribution in [2.75, 3.05) is 0 Å². The standard InChI is InChI=1S/C13H7BrClFN2/c14-10-2-1-5-18-7-12(17-13(10)18)9-4-3-8(16)6-11(9)15/h1-7H. The van der Waals surface area contributed by atoms with Crippen LogP contribution in [-0.4, -0.2) is 9.38 Å². The van der Waals surface area contributed by atoms with Gasteiger partial charge >= 0.3 is 0 Å². The first-order valence-corrected chi connectivity index (χ1v) is 6.41. The molecule has 90 valence electrons. The molecule has 0 aliphatic heterocycles. The second kappa shape index (κ2) is 4.37. The third-order valence-corrected chi connectivity index (χ3v) is 3.57. The molecule has 0 spiro atoms. The molecule has 0 aliphatic carbocycles. The van der Waals surface area contributed by atoms with Crippen molar-refractivity contribution in [2.24, 2.45) is 0 Å². The molecule has 0 atom stereocenters. The second-order valence-corrected chi connectivity index (χ2v) is 5.10. The number of pyridine rings is 1. The lowest BCUT2D eigenvalue weighted by molar-refractivity contribution is 0.628. The normalized spacial score (nSPS) is 11.1. The fourth-order valence-corrected chi connectivity index (χ4v) is 2.52. The van der Waals surface area contributed by atoms with E-state index < -0.39 is 0 Å². The fourth-order valence-electron chi connectivity index (χ4n) is 1.81. The van der Waals surface area contributed by atoms with E-state index in [4.69, 9.17) is 11.6 Å². The molecule has 0 fully saturated rings. The van der Waals surface area contributed by atoms with Crippen molar-refractivity contribution in [3.8, 4) is 11.3 Å². The minimum Gasteiger partial charge on any atom is -0.306 e. The number of fused-ring (bicyclic) bond motifs is 1. The number of imidazole rings is 1. The monoisotopic (exact) mass is 324 g/mol. The van der Waals surface area contributed by atoms with Gasteiger partial charge in [-0.15, -0.1) is 0 Å². The van der Waals surface area contributed by atoms with Crippen LogP contribution >= 0.6 is 27.5 Å². The van der Waals surface area contributed by atoms with E-state index in [1.807, 2.05) is 28.9 Å². The van der Waals surface area contributed by atoms with Crippen molar-refractivity contribution in [1.82, 2.24) is 9.38 Å². The van der Waals surface area contributed by atoms with E-state index >= 15 is 0 Å². The van der Waals surface area contributed by atoms with Crippen LogP contribution in [0, 0.1) is 5.82 Å². The largest absolute Gasteiger partial charge is 0.306 e. The number of halogens is 3. The Kier molecular flexibility index (Phi) is 2.84. The molecule has 18 heavy (non-hydrogen) atoms. The van der Waals surface area contributed by atoms with Gasteiger partial charge in [-0.3, -0.25) is 0 Å². The summed E-state index contributed by atoms with van der Waals surface area (Å²) in [6, 6.07) is 8.12. The van der Waals surface area contributed by atoms with Crippen molar-refractivity contribution in [1.29, 1.82) is 0 Å². The first kappa shape index (κ1) is 11.7. The molecule has 0 amide bonds. The molecule has 0 bridgehead atoms. The van der Waals surface area contributed by atoms with Gasteiger partial charge in [-0.25, -0.2) is 9.37 Å². The van der Waals surface area contributed by atoms with E-state index in [0.29, 0.717) is 16.3 Å². The summed E-state index contributed by atoms with van der Waals surface area (Å²) < 4.78 is 15.8. The Morgan fingerprint density at radius 2 is 2.11 bits per heavy atom. The molecule has 2 heterocycles. The molecular formula is C13H7BrClFN2. The van der Waals surface area contributed by atoms with Crippen LogP contribution in [0.3, 0.4) is 0 Å². The molecule has 0 N–H and O–H groups in total. The molecule has 0 saturated heterocycles. The van der Waals surface area contributed by atoms with Crippen LogP contribution in [0.4, 0.5) is 4.39 Å². The number of rotatable bonds is 1. The molecule has 2 nitrogen and oxygen atoms in total. The van der Waals surface area contributed by atoms with Gasteiger partial charge in [-0.05, 0) is 46.3 Å². The van der Waals surface area contributed by atoms with Crippen molar-refractivity contribution in [3.05, 3.63) is 58.0 Å². The van der Waals surface area contributed by atoms with Gasteiger partial charge < -0.3 is 4.40 Å². The van der Waals surface area contributed by atoms with Crippen LogP contribution in [0.5, 0.6) is 0 Å². The van der Waals surface area contributed by atoms with E-state index in [1.54, 1.807) is 6.07 Å². The van der Waals surface area contributed by atoms with Crippen molar-refractivity contribution >= 4 is 33.2 Å². The SMILES string of the molecule is Fc1ccc(-c2cn3cccc(Br)c3n2)c(Cl)c1. The molecule has 3 rings (SSSR count). The van der Waals surface area contributed by atoms with E-state index in [2.05, 4.69) is 20.9 Å². The highest BCUT2D eigenvalue weighted by molar-refractivity contribution is 9.10. The summed E-state index contributed by atoms with van der Waals surface area (Å²) in [6.45, 7) is 0. The molecule has 3 aromatic rings. The molecule has 0 aliphatic rings. The van der Waals surface area contributed by atoms with Gasteiger partial charge in [0.1, 0.15) is 5.82 Å². The van der Waals surface area contributed by atoms with Gasteiger partial charge in [-0.2, -0.15) is 0 Å². The zero-order chi connectivity index (χ0) is 12.7. The lowest BCUT2D eigenvalue weighted by Crippen LogP contribution is -1.81. The fraction of sp³-hybridized carbons (Fsp3) is 0. The molecule has 2 aromatic heterocycles. The minimum absolute atomic E-state index is 0.353. The van der Waals surface area contributed by atoms with Crippen molar-refractivity contribution in [3.63, 3.8) is 0 Å². The third-order valence-electron chi connectivity index (χ3n) is 2.64. The molecular weight excluding hydrogens is 319 g/mol. The van der Waals surface area contributed by atoms with Crippen molar-refractivity contribution < 1.29 is 4.39 Å². The molecule has 5 heteroatoms. The maximum absolute atomic E-state index is 13.0. The lowest BCUT2D eigenvalue weighted by atomic mass is 10.2. The number of nitrogens with zero attached hydrogens (tertiary/aromatic N) is 2. The smallest absolute Gasteiger partial charge is 0.151 e. The Hall–Kier alpha value is -1.39. The summed E-state index contributed by atoms with van der Waals surface area (Å²) in [5.74, 6) is -0.353. The highest BCUT2D eigenvalue weighted by Gasteiger charge is 2.10. The average Bonchev–Trinajstić information content (AvgIpc) is 2.74. The number of aromatic nitrogens is 2. The summed E-state index contributed by atoms with van der Waals surface area (Å²) in [5.41, 5.74) is 2.23. The van der Waals surface area contributed by atoms with E-state index in [-0.39, 0.29) is 5.82 Å². The average molecular weight is 326 g/mol. The summed E-state index contributed by atoms with van der Waals surface area (Å²) in [4.78, 5) is 4.48. The highest BCUT2D eigenvalue weighted by Crippen LogP contribution is 2.29. The zero-order valence-corrected chi connectivity index (χ0v) is 11.4.